The van der Waals surface area contributed by atoms with Gasteiger partial charge in [-0.2, -0.15) is 9.36 Å². The molecule has 2 aromatic carbocycles. The van der Waals surface area contributed by atoms with Gasteiger partial charge in [-0.15, -0.1) is 0 Å². The smallest absolute Gasteiger partial charge is 0.273 e. The van der Waals surface area contributed by atoms with E-state index in [-0.39, 0.29) is 10.8 Å². The third kappa shape index (κ3) is 1.88. The van der Waals surface area contributed by atoms with E-state index < -0.39 is 22.9 Å². The van der Waals surface area contributed by atoms with Crippen LogP contribution in [0.1, 0.15) is 23.4 Å². The molecule has 0 unspecified atom stereocenters. The minimum Gasteiger partial charge on any atom is -0.273 e. The number of rotatable bonds is 0. The van der Waals surface area contributed by atoms with E-state index in [4.69, 9.17) is 0 Å². The van der Waals surface area contributed by atoms with Crippen molar-refractivity contribution >= 4 is 33.4 Å². The van der Waals surface area contributed by atoms with E-state index in [1.807, 2.05) is 24.3 Å². The predicted octanol–water partition coefficient (Wildman–Crippen LogP) is 1.64. The van der Waals surface area contributed by atoms with E-state index in [0.29, 0.717) is 9.36 Å². The summed E-state index contributed by atoms with van der Waals surface area (Å²) in [6, 6.07) is 10.4. The van der Waals surface area contributed by atoms with Gasteiger partial charge in [-0.25, -0.2) is 0 Å². The van der Waals surface area contributed by atoms with E-state index in [1.54, 1.807) is 12.1 Å². The van der Waals surface area contributed by atoms with Crippen LogP contribution in [0.4, 0.5) is 0 Å². The topological polar surface area (TPSA) is 78.1 Å². The molecule has 0 fully saturated rings. The zero-order valence-electron chi connectivity index (χ0n) is 12.0. The van der Waals surface area contributed by atoms with Crippen molar-refractivity contribution in [1.29, 1.82) is 0 Å². The Hall–Kier alpha value is -3.02. The molecule has 0 radical (unpaired) electrons. The van der Waals surface area contributed by atoms with Crippen LogP contribution >= 0.6 is 0 Å². The second-order valence-corrected chi connectivity index (χ2v) is 5.02. The Morgan fingerprint density at radius 2 is 1.14 bits per heavy atom. The lowest BCUT2D eigenvalue weighted by Gasteiger charge is -2.11. The number of hydrogen-bond donors (Lipinski definition) is 0. The van der Waals surface area contributed by atoms with Gasteiger partial charge in [0.05, 0.1) is 10.8 Å². The second-order valence-electron chi connectivity index (χ2n) is 5.02. The molecule has 6 nitrogen and oxygen atoms in total. The maximum absolute atomic E-state index is 12.5. The Morgan fingerprint density at radius 1 is 0.773 bits per heavy atom. The molecule has 0 N–H and O–H groups in total. The van der Waals surface area contributed by atoms with E-state index in [9.17, 15) is 19.2 Å². The zero-order chi connectivity index (χ0) is 16.0. The highest BCUT2D eigenvalue weighted by molar-refractivity contribution is 5.98. The average Bonchev–Trinajstić information content (AvgIpc) is 2.48. The van der Waals surface area contributed by atoms with Crippen LogP contribution in [-0.2, 0) is 0 Å². The summed E-state index contributed by atoms with van der Waals surface area (Å²) in [4.78, 5) is 48.4. The number of carbonyl (C=O) groups excluding carboxylic acids is 2. The Balaban J connectivity index is 2.65. The highest BCUT2D eigenvalue weighted by atomic mass is 16.2. The zero-order valence-corrected chi connectivity index (χ0v) is 12.0. The fourth-order valence-electron chi connectivity index (χ4n) is 2.57. The number of hydrogen-bond acceptors (Lipinski definition) is 4. The molecule has 0 atom stereocenters. The van der Waals surface area contributed by atoms with E-state index in [0.717, 1.165) is 24.6 Å². The minimum absolute atomic E-state index is 0.122. The normalized spacial score (nSPS) is 11.0. The number of aromatic nitrogens is 2. The first-order valence-electron chi connectivity index (χ1n) is 6.64. The number of nitrogens with zero attached hydrogens (tertiary/aromatic N) is 2. The van der Waals surface area contributed by atoms with Crippen LogP contribution in [-0.4, -0.2) is 21.2 Å². The van der Waals surface area contributed by atoms with Gasteiger partial charge in [-0.1, -0.05) is 24.3 Å². The lowest BCUT2D eigenvalue weighted by molar-refractivity contribution is 0.0808. The summed E-state index contributed by atoms with van der Waals surface area (Å²) < 4.78 is 1.17. The van der Waals surface area contributed by atoms with Gasteiger partial charge >= 0.3 is 0 Å². The van der Waals surface area contributed by atoms with Crippen LogP contribution < -0.4 is 11.1 Å². The Bertz CT molecular complexity index is 987. The number of fused-ring (bicyclic) bond motifs is 2. The summed E-state index contributed by atoms with van der Waals surface area (Å²) in [6.07, 6.45) is 0. The van der Waals surface area contributed by atoms with Crippen LogP contribution in [0.2, 0.25) is 0 Å². The highest BCUT2D eigenvalue weighted by Crippen LogP contribution is 2.18. The molecule has 1 aromatic heterocycles. The largest absolute Gasteiger partial charge is 0.280 e. The second kappa shape index (κ2) is 4.77. The van der Waals surface area contributed by atoms with E-state index >= 15 is 0 Å². The standard InChI is InChI=1S/C16H12N2O4/c1-9(19)17-15(21)13-7-11-5-3-4-6-12(11)8-14(13)16(22)18(17)10(2)20/h3-8H,1-2H3. The van der Waals surface area contributed by atoms with Crippen LogP contribution in [0.25, 0.3) is 21.5 Å². The van der Waals surface area contributed by atoms with Gasteiger partial charge in [-0.05, 0) is 22.9 Å². The van der Waals surface area contributed by atoms with Crippen molar-refractivity contribution in [2.75, 3.05) is 0 Å². The van der Waals surface area contributed by atoms with Crippen molar-refractivity contribution in [3.05, 3.63) is 57.1 Å². The third-order valence-corrected chi connectivity index (χ3v) is 3.53. The van der Waals surface area contributed by atoms with Crippen molar-refractivity contribution < 1.29 is 9.59 Å². The summed E-state index contributed by atoms with van der Waals surface area (Å²) in [6.45, 7) is 2.26. The SMILES string of the molecule is CC(=O)n1c(=O)c2cc3ccccc3cc2c(=O)n1C(C)=O. The average molecular weight is 296 g/mol. The molecule has 0 bridgehead atoms. The molecular weight excluding hydrogens is 284 g/mol. The highest BCUT2D eigenvalue weighted by Gasteiger charge is 2.18. The molecule has 110 valence electrons. The first-order valence-corrected chi connectivity index (χ1v) is 6.64. The molecule has 22 heavy (non-hydrogen) atoms. The lowest BCUT2D eigenvalue weighted by Crippen LogP contribution is -2.43. The molecule has 3 aromatic rings. The van der Waals surface area contributed by atoms with Crippen molar-refractivity contribution in [1.82, 2.24) is 9.36 Å². The lowest BCUT2D eigenvalue weighted by atomic mass is 10.1. The number of benzene rings is 2. The Morgan fingerprint density at radius 3 is 1.45 bits per heavy atom. The maximum atomic E-state index is 12.5. The minimum atomic E-state index is -0.688. The van der Waals surface area contributed by atoms with Crippen molar-refractivity contribution in [3.63, 3.8) is 0 Å². The van der Waals surface area contributed by atoms with Crippen LogP contribution in [0, 0.1) is 0 Å². The van der Waals surface area contributed by atoms with Crippen molar-refractivity contribution in [2.45, 2.75) is 13.8 Å². The fraction of sp³-hybridized carbons (Fsp3) is 0.125. The molecule has 6 heteroatoms. The first kappa shape index (κ1) is 13.9. The summed E-state index contributed by atoms with van der Waals surface area (Å²) in [5.74, 6) is -1.38. The molecule has 0 aliphatic carbocycles. The summed E-state index contributed by atoms with van der Waals surface area (Å²) in [5, 5.41) is 1.80. The maximum Gasteiger partial charge on any atom is 0.280 e. The van der Waals surface area contributed by atoms with Gasteiger partial charge in [0.1, 0.15) is 0 Å². The van der Waals surface area contributed by atoms with Crippen molar-refractivity contribution in [2.24, 2.45) is 0 Å². The summed E-state index contributed by atoms with van der Waals surface area (Å²) >= 11 is 0. The predicted molar refractivity (Wildman–Crippen MR) is 82.6 cm³/mol. The molecule has 0 saturated carbocycles. The molecular formula is C16H12N2O4. The third-order valence-electron chi connectivity index (χ3n) is 3.53. The van der Waals surface area contributed by atoms with E-state index in [2.05, 4.69) is 0 Å². The van der Waals surface area contributed by atoms with Gasteiger partial charge < -0.3 is 0 Å². The molecule has 1 heterocycles. The van der Waals surface area contributed by atoms with Gasteiger partial charge in [-0.3, -0.25) is 19.2 Å². The van der Waals surface area contributed by atoms with Crippen LogP contribution in [0.5, 0.6) is 0 Å². The van der Waals surface area contributed by atoms with E-state index in [1.165, 1.54) is 0 Å². The quantitative estimate of drug-likeness (QED) is 0.591. The number of carbonyl (C=O) groups is 2. The molecule has 0 aliphatic heterocycles. The monoisotopic (exact) mass is 296 g/mol. The molecule has 0 amide bonds. The van der Waals surface area contributed by atoms with Gasteiger partial charge in [0.15, 0.2) is 0 Å². The van der Waals surface area contributed by atoms with Crippen LogP contribution in [0.15, 0.2) is 46.0 Å². The van der Waals surface area contributed by atoms with Crippen molar-refractivity contribution in [3.8, 4) is 0 Å². The first-order chi connectivity index (χ1) is 10.4. The van der Waals surface area contributed by atoms with Gasteiger partial charge in [0.2, 0.25) is 11.8 Å². The molecule has 0 aliphatic rings. The summed E-state index contributed by atoms with van der Waals surface area (Å²) in [5.41, 5.74) is -1.36. The Labute approximate surface area is 124 Å². The van der Waals surface area contributed by atoms with Gasteiger partial charge in [0.25, 0.3) is 11.1 Å². The molecule has 0 spiro atoms. The van der Waals surface area contributed by atoms with Crippen LogP contribution in [0.3, 0.4) is 0 Å². The van der Waals surface area contributed by atoms with Gasteiger partial charge in [0, 0.05) is 13.8 Å². The molecule has 3 rings (SSSR count). The molecule has 0 saturated heterocycles. The summed E-state index contributed by atoms with van der Waals surface area (Å²) in [7, 11) is 0. The Kier molecular flexibility index (Phi) is 3.02. The fourth-order valence-corrected chi connectivity index (χ4v) is 2.57.